The first-order valence-electron chi connectivity index (χ1n) is 18.6. The minimum atomic E-state index is -1.00. The number of aryl methyl sites for hydroxylation is 1. The van der Waals surface area contributed by atoms with Gasteiger partial charge in [0.25, 0.3) is 0 Å². The van der Waals surface area contributed by atoms with Crippen molar-refractivity contribution in [1.82, 2.24) is 26.6 Å². The molecule has 0 saturated carbocycles. The first kappa shape index (κ1) is 44.2. The number of aliphatic hydroxyl groups excluding tert-OH is 1. The van der Waals surface area contributed by atoms with Crippen LogP contribution >= 0.6 is 0 Å². The molecule has 15 heteroatoms. The van der Waals surface area contributed by atoms with Crippen LogP contribution in [0.5, 0.6) is 0 Å². The molecule has 0 fully saturated rings. The molecule has 300 valence electrons. The summed E-state index contributed by atoms with van der Waals surface area (Å²) in [4.78, 5) is 76.0. The maximum Gasteiger partial charge on any atom is 0.246 e. The van der Waals surface area contributed by atoms with Crippen LogP contribution in [0.1, 0.15) is 69.2 Å². The molecular weight excluding hydrogens is 716 g/mol. The second-order valence-electron chi connectivity index (χ2n) is 13.5. The zero-order chi connectivity index (χ0) is 41.2. The van der Waals surface area contributed by atoms with Gasteiger partial charge in [0, 0.05) is 36.2 Å². The minimum Gasteiger partial charge on any atom is -0.396 e. The highest BCUT2D eigenvalue weighted by Crippen LogP contribution is 2.28. The van der Waals surface area contributed by atoms with Gasteiger partial charge in [-0.15, -0.1) is 0 Å². The third-order valence-electron chi connectivity index (χ3n) is 8.62. The fraction of sp³-hybridized carbons (Fsp3) is 0.366. The number of hydrogen-bond donors (Lipinski definition) is 9. The molecule has 6 amide bonds. The van der Waals surface area contributed by atoms with E-state index in [0.29, 0.717) is 34.7 Å². The lowest BCUT2D eigenvalue weighted by Gasteiger charge is -2.24. The van der Waals surface area contributed by atoms with Crippen molar-refractivity contribution in [3.05, 3.63) is 95.1 Å². The highest BCUT2D eigenvalue weighted by molar-refractivity contribution is 6.00. The molecule has 3 aromatic carbocycles. The molecule has 0 radical (unpaired) electrons. The zero-order valence-corrected chi connectivity index (χ0v) is 32.6. The summed E-state index contributed by atoms with van der Waals surface area (Å²) < 4.78 is 0. The van der Waals surface area contributed by atoms with Crippen molar-refractivity contribution in [2.45, 2.75) is 72.6 Å². The van der Waals surface area contributed by atoms with Crippen LogP contribution in [0.4, 0.5) is 11.4 Å². The van der Waals surface area contributed by atoms with Crippen LogP contribution < -0.4 is 43.0 Å². The summed E-state index contributed by atoms with van der Waals surface area (Å²) in [5, 5.41) is 28.1. The van der Waals surface area contributed by atoms with Gasteiger partial charge >= 0.3 is 0 Å². The van der Waals surface area contributed by atoms with E-state index < -0.39 is 60.6 Å². The molecule has 0 bridgehead atoms. The zero-order valence-electron chi connectivity index (χ0n) is 32.6. The first-order chi connectivity index (χ1) is 26.7. The molecule has 0 aliphatic carbocycles. The van der Waals surface area contributed by atoms with E-state index in [1.807, 2.05) is 43.3 Å². The van der Waals surface area contributed by atoms with Crippen molar-refractivity contribution in [3.63, 3.8) is 0 Å². The number of aliphatic hydroxyl groups is 1. The fourth-order valence-electron chi connectivity index (χ4n) is 5.42. The van der Waals surface area contributed by atoms with Crippen molar-refractivity contribution >= 4 is 58.2 Å². The van der Waals surface area contributed by atoms with Crippen LogP contribution in [-0.2, 0) is 35.4 Å². The Bertz CT molecular complexity index is 1880. The summed E-state index contributed by atoms with van der Waals surface area (Å²) >= 11 is 0. The molecule has 2 atom stereocenters. The molecule has 0 saturated heterocycles. The molecule has 10 N–H and O–H groups in total. The van der Waals surface area contributed by atoms with Crippen molar-refractivity contribution in [2.24, 2.45) is 11.7 Å². The molecule has 15 nitrogen and oxygen atoms in total. The highest BCUT2D eigenvalue weighted by Gasteiger charge is 2.27. The van der Waals surface area contributed by atoms with Gasteiger partial charge in [-0.05, 0) is 55.5 Å². The van der Waals surface area contributed by atoms with E-state index in [1.165, 1.54) is 6.92 Å². The number of anilines is 2. The topological polar surface area (TPSA) is 233 Å². The maximum atomic E-state index is 13.0. The standard InChI is InChI=1S/C41H54N8O7/c1-6-21-43-39(30-12-8-7-11-26(30)4)37(42)31-13-9-10-14-32(31)48-34(52)20-19-33(51)44-22-35(53)45-23-36(54)49-38(25(2)3)41(56)46-27(5)40(55)47-29-17-15-28(24-50)16-18-29/h7-18,25,27,38,43,50H,6,19-24,42H2,1-5H3,(H,44,51)(H,45,53)(H,46,56)(H,47,55)(H,48,52)(H,49,54)/b39-37-/t27-,38-/m0/s1. The predicted molar refractivity (Wildman–Crippen MR) is 216 cm³/mol. The van der Waals surface area contributed by atoms with E-state index in [2.05, 4.69) is 44.1 Å². The first-order valence-corrected chi connectivity index (χ1v) is 18.6. The largest absolute Gasteiger partial charge is 0.396 e. The number of carbonyl (C=O) groups is 6. The smallest absolute Gasteiger partial charge is 0.246 e. The summed E-state index contributed by atoms with van der Waals surface area (Å²) in [6.45, 7) is 8.64. The van der Waals surface area contributed by atoms with Crippen LogP contribution in [0, 0.1) is 12.8 Å². The summed E-state index contributed by atoms with van der Waals surface area (Å²) in [7, 11) is 0. The molecule has 0 spiro atoms. The Kier molecular flexibility index (Phi) is 17.5. The second-order valence-corrected chi connectivity index (χ2v) is 13.5. The van der Waals surface area contributed by atoms with Gasteiger partial charge in [-0.25, -0.2) is 0 Å². The lowest BCUT2D eigenvalue weighted by Crippen LogP contribution is -2.55. The third-order valence-corrected chi connectivity index (χ3v) is 8.62. The number of rotatable bonds is 20. The minimum absolute atomic E-state index is 0.133. The monoisotopic (exact) mass is 770 g/mol. The van der Waals surface area contributed by atoms with E-state index >= 15 is 0 Å². The van der Waals surface area contributed by atoms with Gasteiger partial charge in [0.15, 0.2) is 0 Å². The van der Waals surface area contributed by atoms with Gasteiger partial charge < -0.3 is 48.1 Å². The van der Waals surface area contributed by atoms with Gasteiger partial charge in [0.2, 0.25) is 35.4 Å². The van der Waals surface area contributed by atoms with Gasteiger partial charge in [0.1, 0.15) is 12.1 Å². The summed E-state index contributed by atoms with van der Waals surface area (Å²) in [6.07, 6.45) is 0.522. The van der Waals surface area contributed by atoms with E-state index in [4.69, 9.17) is 5.73 Å². The molecule has 0 aliphatic rings. The van der Waals surface area contributed by atoms with Crippen molar-refractivity contribution < 1.29 is 33.9 Å². The summed E-state index contributed by atoms with van der Waals surface area (Å²) in [5.41, 5.74) is 12.2. The van der Waals surface area contributed by atoms with Crippen molar-refractivity contribution in [1.29, 1.82) is 0 Å². The normalized spacial score (nSPS) is 12.3. The molecule has 0 aromatic heterocycles. The van der Waals surface area contributed by atoms with Crippen molar-refractivity contribution in [3.8, 4) is 0 Å². The quantitative estimate of drug-likeness (QED) is 0.0768. The highest BCUT2D eigenvalue weighted by atomic mass is 16.3. The van der Waals surface area contributed by atoms with Gasteiger partial charge in [-0.1, -0.05) is 75.4 Å². The Morgan fingerprint density at radius 1 is 0.679 bits per heavy atom. The van der Waals surface area contributed by atoms with Crippen LogP contribution in [0.2, 0.25) is 0 Å². The lowest BCUT2D eigenvalue weighted by molar-refractivity contribution is -0.132. The van der Waals surface area contributed by atoms with Crippen molar-refractivity contribution in [2.75, 3.05) is 30.3 Å². The molecule has 3 rings (SSSR count). The number of carbonyl (C=O) groups excluding carboxylic acids is 6. The van der Waals surface area contributed by atoms with Gasteiger partial charge in [-0.3, -0.25) is 28.8 Å². The Morgan fingerprint density at radius 3 is 1.93 bits per heavy atom. The molecule has 0 heterocycles. The van der Waals surface area contributed by atoms with E-state index in [9.17, 15) is 33.9 Å². The van der Waals surface area contributed by atoms with Gasteiger partial charge in [-0.2, -0.15) is 0 Å². The number of para-hydroxylation sites is 1. The van der Waals surface area contributed by atoms with Crippen LogP contribution in [-0.4, -0.2) is 72.3 Å². The molecule has 56 heavy (non-hydrogen) atoms. The molecule has 3 aromatic rings. The third kappa shape index (κ3) is 13.9. The maximum absolute atomic E-state index is 13.0. The Hall–Kier alpha value is -6.22. The Labute approximate surface area is 327 Å². The molecule has 0 aliphatic heterocycles. The second kappa shape index (κ2) is 22.2. The average Bonchev–Trinajstić information content (AvgIpc) is 3.18. The fourth-order valence-corrected chi connectivity index (χ4v) is 5.42. The Balaban J connectivity index is 1.45. The number of amides is 6. The van der Waals surface area contributed by atoms with E-state index in [-0.39, 0.29) is 25.4 Å². The van der Waals surface area contributed by atoms with Gasteiger partial charge in [0.05, 0.1) is 36.8 Å². The predicted octanol–water partition coefficient (Wildman–Crippen LogP) is 2.51. The Morgan fingerprint density at radius 2 is 1.29 bits per heavy atom. The van der Waals surface area contributed by atoms with E-state index in [0.717, 1.165) is 23.2 Å². The summed E-state index contributed by atoms with van der Waals surface area (Å²) in [6, 6.07) is 19.6. The molecular formula is C41H54N8O7. The van der Waals surface area contributed by atoms with Crippen LogP contribution in [0.25, 0.3) is 11.4 Å². The number of nitrogens with two attached hydrogens (primary N) is 1. The van der Waals surface area contributed by atoms with Crippen LogP contribution in [0.15, 0.2) is 72.8 Å². The van der Waals surface area contributed by atoms with Crippen LogP contribution in [0.3, 0.4) is 0 Å². The number of hydrogen-bond acceptors (Lipinski definition) is 9. The number of nitrogens with one attached hydrogen (secondary N) is 7. The number of benzene rings is 3. The van der Waals surface area contributed by atoms with E-state index in [1.54, 1.807) is 50.2 Å². The summed E-state index contributed by atoms with van der Waals surface area (Å²) in [5.74, 6) is -3.70. The SMILES string of the molecule is CCCN/C(=C(\N)c1ccccc1NC(=O)CCC(=O)NCC(=O)NCC(=O)N[C@H](C(=O)N[C@@H](C)C(=O)Nc1ccc(CO)cc1)C(C)C)c1ccccc1C. The average molecular weight is 771 g/mol. The lowest BCUT2D eigenvalue weighted by atomic mass is 10.00. The molecule has 0 unspecified atom stereocenters.